The van der Waals surface area contributed by atoms with Crippen molar-refractivity contribution in [2.24, 2.45) is 0 Å². The molecule has 4 heteroatoms. The predicted octanol–water partition coefficient (Wildman–Crippen LogP) is 1.01. The lowest BCUT2D eigenvalue weighted by Gasteiger charge is -2.14. The molecule has 0 aliphatic rings. The summed E-state index contributed by atoms with van der Waals surface area (Å²) in [5.41, 5.74) is 1.20. The van der Waals surface area contributed by atoms with Crippen molar-refractivity contribution in [3.63, 3.8) is 0 Å². The van der Waals surface area contributed by atoms with Crippen LogP contribution in [0.15, 0.2) is 11.4 Å². The number of hydrogen-bond donors (Lipinski definition) is 1. The van der Waals surface area contributed by atoms with Crippen LogP contribution in [0.25, 0.3) is 0 Å². The Labute approximate surface area is 81.6 Å². The van der Waals surface area contributed by atoms with Crippen LogP contribution >= 0.6 is 11.3 Å². The van der Waals surface area contributed by atoms with E-state index < -0.39 is 6.61 Å². The summed E-state index contributed by atoms with van der Waals surface area (Å²) in [6.45, 7) is 2.19. The number of thiophene rings is 1. The summed E-state index contributed by atoms with van der Waals surface area (Å²) in [7, 11) is 1.69. The number of aliphatic hydroxyl groups is 1. The second-order valence-electron chi connectivity index (χ2n) is 2.93. The van der Waals surface area contributed by atoms with Crippen LogP contribution in [0.5, 0.6) is 0 Å². The minimum atomic E-state index is -0.416. The van der Waals surface area contributed by atoms with Crippen LogP contribution in [-0.4, -0.2) is 29.6 Å². The van der Waals surface area contributed by atoms with Gasteiger partial charge in [-0.1, -0.05) is 0 Å². The quantitative estimate of drug-likeness (QED) is 0.789. The van der Waals surface area contributed by atoms with Gasteiger partial charge in [0.25, 0.3) is 0 Å². The summed E-state index contributed by atoms with van der Waals surface area (Å²) >= 11 is 1.63. The van der Waals surface area contributed by atoms with Gasteiger partial charge in [-0.15, -0.1) is 11.3 Å². The van der Waals surface area contributed by atoms with Crippen molar-refractivity contribution < 1.29 is 9.90 Å². The first kappa shape index (κ1) is 10.2. The Balaban J connectivity index is 2.59. The summed E-state index contributed by atoms with van der Waals surface area (Å²) < 4.78 is 0. The third-order valence-electron chi connectivity index (χ3n) is 1.91. The highest BCUT2D eigenvalue weighted by Gasteiger charge is 2.09. The van der Waals surface area contributed by atoms with E-state index in [1.165, 1.54) is 15.3 Å². The lowest BCUT2D eigenvalue weighted by Crippen LogP contribution is -2.28. The van der Waals surface area contributed by atoms with Crippen molar-refractivity contribution in [1.82, 2.24) is 4.90 Å². The minimum Gasteiger partial charge on any atom is -0.387 e. The van der Waals surface area contributed by atoms with E-state index in [2.05, 4.69) is 0 Å². The molecule has 0 bridgehead atoms. The van der Waals surface area contributed by atoms with Crippen molar-refractivity contribution in [2.75, 3.05) is 13.7 Å². The molecule has 1 heterocycles. The topological polar surface area (TPSA) is 40.5 Å². The number of nitrogens with zero attached hydrogens (tertiary/aromatic N) is 1. The zero-order chi connectivity index (χ0) is 9.84. The maximum absolute atomic E-state index is 11.0. The Kier molecular flexibility index (Phi) is 3.45. The molecule has 0 spiro atoms. The Morgan fingerprint density at radius 2 is 2.38 bits per heavy atom. The number of amides is 1. The molecule has 1 aromatic rings. The van der Waals surface area contributed by atoms with Crippen molar-refractivity contribution in [1.29, 1.82) is 0 Å². The lowest BCUT2D eigenvalue weighted by atomic mass is 10.3. The molecule has 0 aromatic carbocycles. The van der Waals surface area contributed by atoms with Crippen LogP contribution in [0, 0.1) is 6.92 Å². The van der Waals surface area contributed by atoms with Gasteiger partial charge >= 0.3 is 0 Å². The second kappa shape index (κ2) is 4.39. The summed E-state index contributed by atoms with van der Waals surface area (Å²) in [6.07, 6.45) is 0. The van der Waals surface area contributed by atoms with Gasteiger partial charge in [-0.05, 0) is 23.9 Å². The van der Waals surface area contributed by atoms with E-state index in [0.717, 1.165) is 0 Å². The predicted molar refractivity (Wildman–Crippen MR) is 52.6 cm³/mol. The molecule has 1 N–H and O–H groups in total. The number of likely N-dealkylation sites (N-methyl/N-ethyl adjacent to an activating group) is 1. The average Bonchev–Trinajstić information content (AvgIpc) is 2.50. The van der Waals surface area contributed by atoms with Gasteiger partial charge in [0.2, 0.25) is 5.91 Å². The molecule has 1 aromatic heterocycles. The number of aryl methyl sites for hydroxylation is 1. The van der Waals surface area contributed by atoms with E-state index in [1.54, 1.807) is 18.4 Å². The van der Waals surface area contributed by atoms with E-state index >= 15 is 0 Å². The maximum atomic E-state index is 11.0. The van der Waals surface area contributed by atoms with E-state index in [0.29, 0.717) is 6.54 Å². The average molecular weight is 199 g/mol. The summed E-state index contributed by atoms with van der Waals surface area (Å²) in [5.74, 6) is -0.243. The number of carbonyl (C=O) groups is 1. The van der Waals surface area contributed by atoms with Crippen LogP contribution < -0.4 is 0 Å². The molecule has 0 saturated heterocycles. The first-order valence-corrected chi connectivity index (χ1v) is 4.91. The Morgan fingerprint density at radius 1 is 1.69 bits per heavy atom. The molecule has 0 aliphatic heterocycles. The first-order valence-electron chi connectivity index (χ1n) is 4.03. The van der Waals surface area contributed by atoms with E-state index in [-0.39, 0.29) is 5.91 Å². The summed E-state index contributed by atoms with van der Waals surface area (Å²) in [5, 5.41) is 10.6. The lowest BCUT2D eigenvalue weighted by molar-refractivity contribution is -0.133. The van der Waals surface area contributed by atoms with Crippen LogP contribution in [0.1, 0.15) is 10.4 Å². The highest BCUT2D eigenvalue weighted by molar-refractivity contribution is 7.10. The molecule has 72 valence electrons. The largest absolute Gasteiger partial charge is 0.387 e. The molecule has 3 nitrogen and oxygen atoms in total. The number of carbonyl (C=O) groups excluding carboxylic acids is 1. The zero-order valence-corrected chi connectivity index (χ0v) is 8.60. The normalized spacial score (nSPS) is 10.1. The maximum Gasteiger partial charge on any atom is 0.248 e. The smallest absolute Gasteiger partial charge is 0.248 e. The van der Waals surface area contributed by atoms with E-state index in [9.17, 15) is 4.79 Å². The van der Waals surface area contributed by atoms with Gasteiger partial charge < -0.3 is 10.0 Å². The van der Waals surface area contributed by atoms with E-state index in [4.69, 9.17) is 5.11 Å². The fourth-order valence-electron chi connectivity index (χ4n) is 0.990. The second-order valence-corrected chi connectivity index (χ2v) is 3.94. The fourth-order valence-corrected chi connectivity index (χ4v) is 1.95. The molecule has 1 amide bonds. The minimum absolute atomic E-state index is 0.243. The van der Waals surface area contributed by atoms with E-state index in [1.807, 2.05) is 18.4 Å². The first-order chi connectivity index (χ1) is 6.15. The van der Waals surface area contributed by atoms with Gasteiger partial charge in [-0.2, -0.15) is 0 Å². The van der Waals surface area contributed by atoms with Crippen molar-refractivity contribution in [3.05, 3.63) is 21.9 Å². The molecule has 0 radical (unpaired) electrons. The van der Waals surface area contributed by atoms with Crippen LogP contribution in [-0.2, 0) is 11.3 Å². The van der Waals surface area contributed by atoms with Gasteiger partial charge in [0.15, 0.2) is 0 Å². The zero-order valence-electron chi connectivity index (χ0n) is 7.78. The standard InChI is InChI=1S/C9H13NO2S/c1-7-3-4-13-8(7)5-10(2)9(12)6-11/h3-4,11H,5-6H2,1-2H3. The Bertz CT molecular complexity index is 296. The Morgan fingerprint density at radius 3 is 2.85 bits per heavy atom. The highest BCUT2D eigenvalue weighted by atomic mass is 32.1. The highest BCUT2D eigenvalue weighted by Crippen LogP contribution is 2.16. The van der Waals surface area contributed by atoms with Crippen molar-refractivity contribution >= 4 is 17.2 Å². The molecule has 13 heavy (non-hydrogen) atoms. The molecule has 0 fully saturated rings. The van der Waals surface area contributed by atoms with Gasteiger partial charge in [-0.3, -0.25) is 4.79 Å². The molecule has 0 atom stereocenters. The Hall–Kier alpha value is -0.870. The molecular formula is C9H13NO2S. The summed E-state index contributed by atoms with van der Waals surface area (Å²) in [6, 6.07) is 2.03. The molecule has 0 aliphatic carbocycles. The van der Waals surface area contributed by atoms with Crippen LogP contribution in [0.4, 0.5) is 0 Å². The van der Waals surface area contributed by atoms with Gasteiger partial charge in [0.1, 0.15) is 6.61 Å². The van der Waals surface area contributed by atoms with Crippen molar-refractivity contribution in [3.8, 4) is 0 Å². The molecule has 1 rings (SSSR count). The fraction of sp³-hybridized carbons (Fsp3) is 0.444. The molecule has 0 saturated carbocycles. The number of rotatable bonds is 3. The number of aliphatic hydroxyl groups excluding tert-OH is 1. The summed E-state index contributed by atoms with van der Waals surface area (Å²) in [4.78, 5) is 13.7. The van der Waals surface area contributed by atoms with Crippen LogP contribution in [0.2, 0.25) is 0 Å². The molecule has 0 unspecified atom stereocenters. The van der Waals surface area contributed by atoms with Crippen LogP contribution in [0.3, 0.4) is 0 Å². The van der Waals surface area contributed by atoms with Gasteiger partial charge in [-0.25, -0.2) is 0 Å². The number of hydrogen-bond acceptors (Lipinski definition) is 3. The van der Waals surface area contributed by atoms with Crippen molar-refractivity contribution in [2.45, 2.75) is 13.5 Å². The third kappa shape index (κ3) is 2.54. The third-order valence-corrected chi connectivity index (χ3v) is 2.92. The molecular weight excluding hydrogens is 186 g/mol. The monoisotopic (exact) mass is 199 g/mol. The SMILES string of the molecule is Cc1ccsc1CN(C)C(=O)CO. The van der Waals surface area contributed by atoms with Gasteiger partial charge in [0.05, 0.1) is 6.54 Å². The van der Waals surface area contributed by atoms with Gasteiger partial charge in [0, 0.05) is 11.9 Å².